The molecule has 0 amide bonds. The molecular formula is C12H24N2S. The van der Waals surface area contributed by atoms with Gasteiger partial charge in [0, 0.05) is 42.7 Å². The molecule has 1 aliphatic heterocycles. The Morgan fingerprint density at radius 3 is 3.00 bits per heavy atom. The quantitative estimate of drug-likeness (QED) is 0.572. The Bertz CT molecular complexity index is 204. The van der Waals surface area contributed by atoms with E-state index < -0.39 is 0 Å². The van der Waals surface area contributed by atoms with Gasteiger partial charge in [-0.15, -0.1) is 6.58 Å². The minimum atomic E-state index is 0.273. The first-order chi connectivity index (χ1) is 7.05. The number of nitrogens with zero attached hydrogens (tertiary/aromatic N) is 1. The van der Waals surface area contributed by atoms with E-state index in [-0.39, 0.29) is 5.54 Å². The molecule has 1 heterocycles. The maximum atomic E-state index is 3.74. The number of nitrogens with one attached hydrogen (secondary N) is 1. The summed E-state index contributed by atoms with van der Waals surface area (Å²) in [5.74, 6) is 2.29. The van der Waals surface area contributed by atoms with Crippen molar-refractivity contribution in [2.75, 3.05) is 31.1 Å². The fraction of sp³-hybridized carbons (Fsp3) is 0.833. The highest BCUT2D eigenvalue weighted by Crippen LogP contribution is 2.15. The van der Waals surface area contributed by atoms with Crippen molar-refractivity contribution in [1.82, 2.24) is 10.2 Å². The summed E-state index contributed by atoms with van der Waals surface area (Å²) in [6, 6.07) is 0.669. The Balaban J connectivity index is 2.28. The van der Waals surface area contributed by atoms with Crippen LogP contribution in [0.15, 0.2) is 12.7 Å². The number of hydrogen-bond acceptors (Lipinski definition) is 3. The van der Waals surface area contributed by atoms with Crippen LogP contribution in [-0.2, 0) is 0 Å². The number of thioether (sulfide) groups is 1. The first-order valence-electron chi connectivity index (χ1n) is 5.73. The van der Waals surface area contributed by atoms with Gasteiger partial charge in [-0.2, -0.15) is 11.8 Å². The SMILES string of the molecule is C=CCSCCN1CC(C)(C)NCC1C. The third-order valence-electron chi connectivity index (χ3n) is 2.86. The van der Waals surface area contributed by atoms with E-state index >= 15 is 0 Å². The van der Waals surface area contributed by atoms with E-state index in [0.29, 0.717) is 6.04 Å². The lowest BCUT2D eigenvalue weighted by Crippen LogP contribution is -2.61. The third-order valence-corrected chi connectivity index (χ3v) is 3.80. The summed E-state index contributed by atoms with van der Waals surface area (Å²) in [7, 11) is 0. The maximum absolute atomic E-state index is 3.74. The molecule has 0 aromatic carbocycles. The summed E-state index contributed by atoms with van der Waals surface area (Å²) in [4.78, 5) is 2.59. The molecular weight excluding hydrogens is 204 g/mol. The monoisotopic (exact) mass is 228 g/mol. The standard InChI is InChI=1S/C12H24N2S/c1-5-7-15-8-6-14-10-12(3,4)13-9-11(14)2/h5,11,13H,1,6-10H2,2-4H3. The van der Waals surface area contributed by atoms with Crippen molar-refractivity contribution in [1.29, 1.82) is 0 Å². The minimum Gasteiger partial charge on any atom is -0.309 e. The molecule has 0 saturated carbocycles. The zero-order chi connectivity index (χ0) is 11.3. The molecule has 1 unspecified atom stereocenters. The number of hydrogen-bond donors (Lipinski definition) is 1. The van der Waals surface area contributed by atoms with Crippen LogP contribution in [0, 0.1) is 0 Å². The summed E-state index contributed by atoms with van der Waals surface area (Å²) < 4.78 is 0. The molecule has 1 N–H and O–H groups in total. The fourth-order valence-electron chi connectivity index (χ4n) is 1.92. The van der Waals surface area contributed by atoms with Crippen molar-refractivity contribution in [3.63, 3.8) is 0 Å². The Morgan fingerprint density at radius 2 is 2.33 bits per heavy atom. The lowest BCUT2D eigenvalue weighted by molar-refractivity contribution is 0.112. The average molecular weight is 228 g/mol. The van der Waals surface area contributed by atoms with Gasteiger partial charge < -0.3 is 5.32 Å². The van der Waals surface area contributed by atoms with Crippen LogP contribution in [0.2, 0.25) is 0 Å². The minimum absolute atomic E-state index is 0.273. The zero-order valence-electron chi connectivity index (χ0n) is 10.3. The predicted molar refractivity (Wildman–Crippen MR) is 70.6 cm³/mol. The van der Waals surface area contributed by atoms with Crippen LogP contribution in [0.1, 0.15) is 20.8 Å². The first kappa shape index (κ1) is 13.1. The summed E-state index contributed by atoms with van der Waals surface area (Å²) in [6.45, 7) is 14.1. The van der Waals surface area contributed by atoms with Crippen LogP contribution >= 0.6 is 11.8 Å². The Morgan fingerprint density at radius 1 is 1.60 bits per heavy atom. The maximum Gasteiger partial charge on any atom is 0.0252 e. The van der Waals surface area contributed by atoms with Crippen LogP contribution in [0.4, 0.5) is 0 Å². The molecule has 88 valence electrons. The van der Waals surface area contributed by atoms with Gasteiger partial charge in [-0.3, -0.25) is 4.90 Å². The molecule has 0 bridgehead atoms. The molecule has 1 rings (SSSR count). The van der Waals surface area contributed by atoms with Gasteiger partial charge in [0.05, 0.1) is 0 Å². The second-order valence-electron chi connectivity index (χ2n) is 4.95. The second-order valence-corrected chi connectivity index (χ2v) is 6.10. The zero-order valence-corrected chi connectivity index (χ0v) is 11.1. The van der Waals surface area contributed by atoms with Crippen molar-refractivity contribution in [2.45, 2.75) is 32.4 Å². The smallest absolute Gasteiger partial charge is 0.0252 e. The highest BCUT2D eigenvalue weighted by Gasteiger charge is 2.29. The van der Waals surface area contributed by atoms with E-state index in [2.05, 4.69) is 37.6 Å². The van der Waals surface area contributed by atoms with E-state index in [0.717, 1.165) is 18.8 Å². The van der Waals surface area contributed by atoms with E-state index in [9.17, 15) is 0 Å². The number of piperazine rings is 1. The first-order valence-corrected chi connectivity index (χ1v) is 6.88. The topological polar surface area (TPSA) is 15.3 Å². The van der Waals surface area contributed by atoms with Gasteiger partial charge in [0.1, 0.15) is 0 Å². The van der Waals surface area contributed by atoms with E-state index in [1.807, 2.05) is 17.8 Å². The van der Waals surface area contributed by atoms with Crippen molar-refractivity contribution in [3.05, 3.63) is 12.7 Å². The molecule has 3 heteroatoms. The Hall–Kier alpha value is 0.01000. The van der Waals surface area contributed by atoms with E-state index in [4.69, 9.17) is 0 Å². The van der Waals surface area contributed by atoms with Crippen LogP contribution in [0.5, 0.6) is 0 Å². The van der Waals surface area contributed by atoms with Crippen LogP contribution in [0.3, 0.4) is 0 Å². The third kappa shape index (κ3) is 4.58. The summed E-state index contributed by atoms with van der Waals surface area (Å²) in [6.07, 6.45) is 1.98. The lowest BCUT2D eigenvalue weighted by atomic mass is 9.99. The van der Waals surface area contributed by atoms with Gasteiger partial charge >= 0.3 is 0 Å². The van der Waals surface area contributed by atoms with Crippen molar-refractivity contribution in [3.8, 4) is 0 Å². The highest BCUT2D eigenvalue weighted by atomic mass is 32.2. The molecule has 0 spiro atoms. The average Bonchev–Trinajstić information content (AvgIpc) is 2.18. The number of rotatable bonds is 5. The van der Waals surface area contributed by atoms with Crippen molar-refractivity contribution >= 4 is 11.8 Å². The molecule has 0 aromatic heterocycles. The van der Waals surface area contributed by atoms with Crippen LogP contribution in [0.25, 0.3) is 0 Å². The fourth-order valence-corrected chi connectivity index (χ4v) is 2.62. The molecule has 0 aliphatic carbocycles. The molecule has 1 fully saturated rings. The molecule has 1 aliphatic rings. The summed E-state index contributed by atoms with van der Waals surface area (Å²) in [5.41, 5.74) is 0.273. The predicted octanol–water partition coefficient (Wildman–Crippen LogP) is 1.98. The highest BCUT2D eigenvalue weighted by molar-refractivity contribution is 7.99. The molecule has 15 heavy (non-hydrogen) atoms. The Kier molecular flexibility index (Phi) is 5.16. The van der Waals surface area contributed by atoms with Crippen LogP contribution in [-0.4, -0.2) is 47.6 Å². The van der Waals surface area contributed by atoms with Gasteiger partial charge in [0.15, 0.2) is 0 Å². The van der Waals surface area contributed by atoms with Gasteiger partial charge in [0.2, 0.25) is 0 Å². The summed E-state index contributed by atoms with van der Waals surface area (Å²) >= 11 is 1.97. The molecule has 0 radical (unpaired) electrons. The van der Waals surface area contributed by atoms with Crippen LogP contribution < -0.4 is 5.32 Å². The molecule has 0 aromatic rings. The van der Waals surface area contributed by atoms with E-state index in [1.54, 1.807) is 0 Å². The normalized spacial score (nSPS) is 26.5. The van der Waals surface area contributed by atoms with Gasteiger partial charge in [-0.05, 0) is 20.8 Å². The second kappa shape index (κ2) is 5.92. The molecule has 1 saturated heterocycles. The van der Waals surface area contributed by atoms with Crippen molar-refractivity contribution in [2.24, 2.45) is 0 Å². The molecule has 1 atom stereocenters. The van der Waals surface area contributed by atoms with Gasteiger partial charge in [0.25, 0.3) is 0 Å². The molecule has 2 nitrogen and oxygen atoms in total. The van der Waals surface area contributed by atoms with Gasteiger partial charge in [-0.1, -0.05) is 6.08 Å². The Labute approximate surface area is 98.5 Å². The van der Waals surface area contributed by atoms with Gasteiger partial charge in [-0.25, -0.2) is 0 Å². The summed E-state index contributed by atoms with van der Waals surface area (Å²) in [5, 5.41) is 3.58. The van der Waals surface area contributed by atoms with E-state index in [1.165, 1.54) is 12.3 Å². The lowest BCUT2D eigenvalue weighted by Gasteiger charge is -2.43. The largest absolute Gasteiger partial charge is 0.309 e. The van der Waals surface area contributed by atoms with Crippen molar-refractivity contribution < 1.29 is 0 Å².